The number of ether oxygens (including phenoxy) is 1. The molecule has 148 valence electrons. The van der Waals surface area contributed by atoms with Gasteiger partial charge >= 0.3 is 0 Å². The molecule has 0 aliphatic carbocycles. The summed E-state index contributed by atoms with van der Waals surface area (Å²) in [5.41, 5.74) is 1.80. The van der Waals surface area contributed by atoms with E-state index in [-0.39, 0.29) is 18.3 Å². The van der Waals surface area contributed by atoms with Crippen LogP contribution in [0.25, 0.3) is 0 Å². The first-order valence-electron chi connectivity index (χ1n) is 9.31. The quantitative estimate of drug-likeness (QED) is 0.557. The van der Waals surface area contributed by atoms with Crippen LogP contribution in [0.15, 0.2) is 18.2 Å². The smallest absolute Gasteiger partial charge is 0.262 e. The lowest BCUT2D eigenvalue weighted by Gasteiger charge is -2.41. The van der Waals surface area contributed by atoms with Gasteiger partial charge < -0.3 is 9.57 Å². The lowest BCUT2D eigenvalue weighted by molar-refractivity contribution is -0.232. The van der Waals surface area contributed by atoms with Gasteiger partial charge in [0.1, 0.15) is 11.5 Å². The topological polar surface area (TPSA) is 68.3 Å². The lowest BCUT2D eigenvalue weighted by atomic mass is 9.80. The Kier molecular flexibility index (Phi) is 5.95. The summed E-state index contributed by atoms with van der Waals surface area (Å²) in [6.07, 6.45) is 0.972. The third-order valence-electron chi connectivity index (χ3n) is 5.62. The van der Waals surface area contributed by atoms with Crippen LogP contribution in [0.1, 0.15) is 35.4 Å². The molecule has 7 heteroatoms. The number of benzene rings is 1. The first-order chi connectivity index (χ1) is 12.9. The summed E-state index contributed by atoms with van der Waals surface area (Å²) in [7, 11) is 3.19. The van der Waals surface area contributed by atoms with Crippen molar-refractivity contribution >= 4 is 11.7 Å². The zero-order valence-electron chi connectivity index (χ0n) is 16.5. The van der Waals surface area contributed by atoms with E-state index in [1.165, 1.54) is 5.06 Å². The van der Waals surface area contributed by atoms with Gasteiger partial charge in [-0.15, -0.1) is 0 Å². The molecule has 0 N–H and O–H groups in total. The molecule has 2 aliphatic heterocycles. The molecule has 7 nitrogen and oxygen atoms in total. The summed E-state index contributed by atoms with van der Waals surface area (Å²) in [5.74, 6) is -1.17. The summed E-state index contributed by atoms with van der Waals surface area (Å²) >= 11 is 0. The average molecular weight is 376 g/mol. The maximum Gasteiger partial charge on any atom is 0.262 e. The normalized spacial score (nSPS) is 22.8. The van der Waals surface area contributed by atoms with Gasteiger partial charge in [0.25, 0.3) is 5.91 Å². The second-order valence-electron chi connectivity index (χ2n) is 7.26. The number of carbonyl (C=O) groups excluding carboxylic acids is 2. The van der Waals surface area contributed by atoms with Crippen molar-refractivity contribution in [2.75, 3.05) is 40.5 Å². The third kappa shape index (κ3) is 3.52. The van der Waals surface area contributed by atoms with Gasteiger partial charge in [0, 0.05) is 20.2 Å². The van der Waals surface area contributed by atoms with Crippen molar-refractivity contribution in [2.45, 2.75) is 38.1 Å². The minimum absolute atomic E-state index is 0.0747. The molecule has 1 spiro atoms. The van der Waals surface area contributed by atoms with Crippen LogP contribution < -0.4 is 0 Å². The van der Waals surface area contributed by atoms with E-state index >= 15 is 0 Å². The minimum atomic E-state index is -0.944. The number of aryl methyl sites for hydroxylation is 2. The number of amides is 1. The molecule has 2 heterocycles. The Morgan fingerprint density at radius 1 is 1.11 bits per heavy atom. The number of ketones is 1. The fourth-order valence-corrected chi connectivity index (χ4v) is 4.04. The standard InChI is InChI=1S/C20H28N2O5/c1-14-5-6-15(2)16(13-14)17-18(23)20(7-9-21(26-4)10-8-20)22(19(17)24)27-12-11-25-3/h5-6,13,17H,7-12H2,1-4H3. The van der Waals surface area contributed by atoms with Crippen molar-refractivity contribution in [1.82, 2.24) is 10.1 Å². The molecule has 0 aromatic heterocycles. The Morgan fingerprint density at radius 3 is 2.44 bits per heavy atom. The maximum absolute atomic E-state index is 13.6. The monoisotopic (exact) mass is 376 g/mol. The van der Waals surface area contributed by atoms with Crippen LogP contribution in [-0.4, -0.2) is 67.9 Å². The van der Waals surface area contributed by atoms with Gasteiger partial charge in [0.15, 0.2) is 5.78 Å². The van der Waals surface area contributed by atoms with Crippen LogP contribution in [0.4, 0.5) is 0 Å². The first-order valence-corrected chi connectivity index (χ1v) is 9.31. The molecule has 1 atom stereocenters. The van der Waals surface area contributed by atoms with E-state index in [4.69, 9.17) is 14.4 Å². The summed E-state index contributed by atoms with van der Waals surface area (Å²) in [6, 6.07) is 5.88. The van der Waals surface area contributed by atoms with Gasteiger partial charge in [-0.25, -0.2) is 5.06 Å². The van der Waals surface area contributed by atoms with E-state index in [1.54, 1.807) is 14.2 Å². The summed E-state index contributed by atoms with van der Waals surface area (Å²) in [5, 5.41) is 3.15. The van der Waals surface area contributed by atoms with Crippen molar-refractivity contribution in [3.8, 4) is 0 Å². The molecule has 0 saturated carbocycles. The summed E-state index contributed by atoms with van der Waals surface area (Å²) in [6.45, 7) is 5.62. The third-order valence-corrected chi connectivity index (χ3v) is 5.62. The Morgan fingerprint density at radius 2 is 1.81 bits per heavy atom. The number of methoxy groups -OCH3 is 1. The Balaban J connectivity index is 1.96. The van der Waals surface area contributed by atoms with Crippen molar-refractivity contribution < 1.29 is 24.0 Å². The molecule has 0 bridgehead atoms. The highest BCUT2D eigenvalue weighted by Gasteiger charge is 2.60. The fraction of sp³-hybridized carbons (Fsp3) is 0.600. The Bertz CT molecular complexity index is 712. The highest BCUT2D eigenvalue weighted by Crippen LogP contribution is 2.44. The molecule has 1 aromatic carbocycles. The minimum Gasteiger partial charge on any atom is -0.382 e. The highest BCUT2D eigenvalue weighted by atomic mass is 16.7. The molecule has 2 aliphatic rings. The van der Waals surface area contributed by atoms with Crippen molar-refractivity contribution in [2.24, 2.45) is 0 Å². The first kappa shape index (κ1) is 19.9. The number of hydroxylamine groups is 4. The van der Waals surface area contributed by atoms with Gasteiger partial charge in [-0.05, 0) is 37.8 Å². The van der Waals surface area contributed by atoms with Crippen LogP contribution in [-0.2, 0) is 24.0 Å². The zero-order chi connectivity index (χ0) is 19.6. The van der Waals surface area contributed by atoms with E-state index in [0.29, 0.717) is 32.5 Å². The second kappa shape index (κ2) is 8.06. The average Bonchev–Trinajstić information content (AvgIpc) is 2.86. The molecule has 1 aromatic rings. The predicted molar refractivity (Wildman–Crippen MR) is 98.9 cm³/mol. The number of Topliss-reactive ketones (excluding diaryl/α,β-unsaturated/α-hetero) is 1. The molecule has 27 heavy (non-hydrogen) atoms. The van der Waals surface area contributed by atoms with Crippen molar-refractivity contribution in [3.63, 3.8) is 0 Å². The highest BCUT2D eigenvalue weighted by molar-refractivity contribution is 6.17. The van der Waals surface area contributed by atoms with Gasteiger partial charge in [-0.3, -0.25) is 14.4 Å². The van der Waals surface area contributed by atoms with Crippen LogP contribution in [0.5, 0.6) is 0 Å². The Labute approximate surface area is 160 Å². The number of nitrogens with zero attached hydrogens (tertiary/aromatic N) is 2. The number of hydrogen-bond donors (Lipinski definition) is 0. The van der Waals surface area contributed by atoms with E-state index < -0.39 is 11.5 Å². The molecule has 1 amide bonds. The largest absolute Gasteiger partial charge is 0.382 e. The number of hydrogen-bond acceptors (Lipinski definition) is 6. The molecule has 2 fully saturated rings. The van der Waals surface area contributed by atoms with E-state index in [9.17, 15) is 9.59 Å². The van der Waals surface area contributed by atoms with Gasteiger partial charge in [0.05, 0.1) is 20.3 Å². The van der Waals surface area contributed by atoms with Crippen molar-refractivity contribution in [3.05, 3.63) is 34.9 Å². The predicted octanol–water partition coefficient (Wildman–Crippen LogP) is 1.77. The maximum atomic E-state index is 13.6. The molecular formula is C20H28N2O5. The summed E-state index contributed by atoms with van der Waals surface area (Å²) < 4.78 is 5.04. The van der Waals surface area contributed by atoms with Crippen LogP contribution in [0.2, 0.25) is 0 Å². The number of carbonyl (C=O) groups is 2. The number of rotatable bonds is 6. The molecule has 2 saturated heterocycles. The zero-order valence-corrected chi connectivity index (χ0v) is 16.5. The van der Waals surface area contributed by atoms with Gasteiger partial charge in [-0.1, -0.05) is 23.8 Å². The van der Waals surface area contributed by atoms with Crippen LogP contribution in [0, 0.1) is 13.8 Å². The van der Waals surface area contributed by atoms with E-state index in [0.717, 1.165) is 16.7 Å². The van der Waals surface area contributed by atoms with Crippen molar-refractivity contribution in [1.29, 1.82) is 0 Å². The molecular weight excluding hydrogens is 348 g/mol. The van der Waals surface area contributed by atoms with Crippen LogP contribution >= 0.6 is 0 Å². The van der Waals surface area contributed by atoms with E-state index in [2.05, 4.69) is 0 Å². The van der Waals surface area contributed by atoms with Crippen LogP contribution in [0.3, 0.4) is 0 Å². The van der Waals surface area contributed by atoms with Gasteiger partial charge in [-0.2, -0.15) is 5.06 Å². The Hall–Kier alpha value is -1.80. The SMILES string of the molecule is COCCON1C(=O)C(c2cc(C)ccc2C)C(=O)C12CCN(OC)CC2. The molecule has 3 rings (SSSR count). The second-order valence-corrected chi connectivity index (χ2v) is 7.26. The lowest BCUT2D eigenvalue weighted by Crippen LogP contribution is -2.56. The molecule has 1 unspecified atom stereocenters. The fourth-order valence-electron chi connectivity index (χ4n) is 4.04. The van der Waals surface area contributed by atoms with E-state index in [1.807, 2.05) is 37.1 Å². The number of piperidine rings is 1. The molecule has 0 radical (unpaired) electrons. The summed E-state index contributed by atoms with van der Waals surface area (Å²) in [4.78, 5) is 37.9. The van der Waals surface area contributed by atoms with Gasteiger partial charge in [0.2, 0.25) is 0 Å².